The summed E-state index contributed by atoms with van der Waals surface area (Å²) in [5.74, 6) is 0.0122. The maximum atomic E-state index is 14.6. The van der Waals surface area contributed by atoms with E-state index in [1.807, 2.05) is 18.2 Å². The number of rotatable bonds is 3. The Bertz CT molecular complexity index is 410. The topological polar surface area (TPSA) is 29.1 Å². The van der Waals surface area contributed by atoms with Crippen molar-refractivity contribution in [2.45, 2.75) is 31.9 Å². The SMILES string of the molecule is CC(=O)c1ccccc1CC1(F)CCNCC1. The molecule has 0 saturated carbocycles. The Hall–Kier alpha value is -1.22. The van der Waals surface area contributed by atoms with Crippen molar-refractivity contribution in [1.82, 2.24) is 5.32 Å². The Balaban J connectivity index is 2.20. The van der Waals surface area contributed by atoms with Crippen LogP contribution in [0.4, 0.5) is 4.39 Å². The summed E-state index contributed by atoms with van der Waals surface area (Å²) in [7, 11) is 0. The molecule has 1 aromatic carbocycles. The minimum atomic E-state index is -1.16. The molecule has 92 valence electrons. The normalized spacial score (nSPS) is 18.9. The molecular weight excluding hydrogens is 217 g/mol. The lowest BCUT2D eigenvalue weighted by Crippen LogP contribution is -2.40. The van der Waals surface area contributed by atoms with Gasteiger partial charge in [0.1, 0.15) is 5.67 Å². The van der Waals surface area contributed by atoms with E-state index in [0.29, 0.717) is 24.8 Å². The molecule has 0 spiro atoms. The first-order valence-electron chi connectivity index (χ1n) is 6.09. The zero-order chi connectivity index (χ0) is 12.3. The minimum Gasteiger partial charge on any atom is -0.316 e. The number of carbonyl (C=O) groups is 1. The van der Waals surface area contributed by atoms with Crippen molar-refractivity contribution in [3.8, 4) is 0 Å². The predicted octanol–water partition coefficient (Wildman–Crippen LogP) is 2.52. The number of hydrogen-bond acceptors (Lipinski definition) is 2. The van der Waals surface area contributed by atoms with Gasteiger partial charge in [-0.05, 0) is 38.4 Å². The molecule has 1 N–H and O–H groups in total. The number of benzene rings is 1. The first-order chi connectivity index (χ1) is 8.11. The van der Waals surface area contributed by atoms with Crippen molar-refractivity contribution >= 4 is 5.78 Å². The summed E-state index contributed by atoms with van der Waals surface area (Å²) in [5, 5.41) is 3.16. The van der Waals surface area contributed by atoms with Crippen molar-refractivity contribution in [3.63, 3.8) is 0 Å². The molecule has 0 amide bonds. The summed E-state index contributed by atoms with van der Waals surface area (Å²) < 4.78 is 14.6. The standard InChI is InChI=1S/C14H18FNO/c1-11(17)13-5-3-2-4-12(13)10-14(15)6-8-16-9-7-14/h2-5,16H,6-10H2,1H3. The maximum Gasteiger partial charge on any atom is 0.160 e. The smallest absolute Gasteiger partial charge is 0.160 e. The summed E-state index contributed by atoms with van der Waals surface area (Å²) in [6.45, 7) is 2.98. The first-order valence-corrected chi connectivity index (χ1v) is 6.09. The highest BCUT2D eigenvalue weighted by Gasteiger charge is 2.32. The number of ketones is 1. The quantitative estimate of drug-likeness (QED) is 0.816. The molecule has 0 aliphatic carbocycles. The van der Waals surface area contributed by atoms with Crippen LogP contribution in [0.25, 0.3) is 0 Å². The fourth-order valence-corrected chi connectivity index (χ4v) is 2.41. The second-order valence-corrected chi connectivity index (χ2v) is 4.79. The van der Waals surface area contributed by atoms with Gasteiger partial charge in [-0.2, -0.15) is 0 Å². The highest BCUT2D eigenvalue weighted by Crippen LogP contribution is 2.29. The van der Waals surface area contributed by atoms with Gasteiger partial charge < -0.3 is 5.32 Å². The molecule has 2 nitrogen and oxygen atoms in total. The number of hydrogen-bond donors (Lipinski definition) is 1. The van der Waals surface area contributed by atoms with Crippen LogP contribution < -0.4 is 5.32 Å². The van der Waals surface area contributed by atoms with Gasteiger partial charge >= 0.3 is 0 Å². The van der Waals surface area contributed by atoms with Crippen LogP contribution in [0.1, 0.15) is 35.7 Å². The maximum absolute atomic E-state index is 14.6. The van der Waals surface area contributed by atoms with Crippen molar-refractivity contribution in [2.75, 3.05) is 13.1 Å². The van der Waals surface area contributed by atoms with Gasteiger partial charge in [0.15, 0.2) is 5.78 Å². The van der Waals surface area contributed by atoms with E-state index in [1.54, 1.807) is 6.07 Å². The number of carbonyl (C=O) groups excluding carboxylic acids is 1. The molecule has 0 unspecified atom stereocenters. The van der Waals surface area contributed by atoms with E-state index in [4.69, 9.17) is 0 Å². The summed E-state index contributed by atoms with van der Waals surface area (Å²) in [6, 6.07) is 7.34. The van der Waals surface area contributed by atoms with E-state index < -0.39 is 5.67 Å². The Kier molecular flexibility index (Phi) is 3.57. The molecule has 1 aliphatic rings. The van der Waals surface area contributed by atoms with Crippen molar-refractivity contribution in [3.05, 3.63) is 35.4 Å². The van der Waals surface area contributed by atoms with Gasteiger partial charge in [0.05, 0.1) is 0 Å². The molecule has 0 atom stereocenters. The molecule has 1 fully saturated rings. The van der Waals surface area contributed by atoms with E-state index in [9.17, 15) is 9.18 Å². The van der Waals surface area contributed by atoms with Crippen molar-refractivity contribution in [2.24, 2.45) is 0 Å². The predicted molar refractivity (Wildman–Crippen MR) is 66.1 cm³/mol. The number of Topliss-reactive ketones (excluding diaryl/α,β-unsaturated/α-hetero) is 1. The summed E-state index contributed by atoms with van der Waals surface area (Å²) in [4.78, 5) is 11.5. The Morgan fingerprint density at radius 1 is 1.35 bits per heavy atom. The molecule has 17 heavy (non-hydrogen) atoms. The van der Waals surface area contributed by atoms with Crippen LogP contribution in [-0.4, -0.2) is 24.5 Å². The van der Waals surface area contributed by atoms with Crippen molar-refractivity contribution < 1.29 is 9.18 Å². The highest BCUT2D eigenvalue weighted by atomic mass is 19.1. The lowest BCUT2D eigenvalue weighted by Gasteiger charge is -2.30. The van der Waals surface area contributed by atoms with Gasteiger partial charge in [-0.25, -0.2) is 4.39 Å². The molecule has 0 radical (unpaired) electrons. The molecule has 1 aliphatic heterocycles. The number of alkyl halides is 1. The molecule has 1 saturated heterocycles. The van der Waals surface area contributed by atoms with E-state index in [1.165, 1.54) is 6.92 Å². The van der Waals surface area contributed by atoms with E-state index >= 15 is 0 Å². The fraction of sp³-hybridized carbons (Fsp3) is 0.500. The van der Waals surface area contributed by atoms with E-state index in [0.717, 1.165) is 18.7 Å². The molecule has 1 aromatic rings. The number of halogens is 1. The fourth-order valence-electron chi connectivity index (χ4n) is 2.41. The Labute approximate surface area is 101 Å². The molecule has 0 aromatic heterocycles. The number of nitrogens with one attached hydrogen (secondary N) is 1. The van der Waals surface area contributed by atoms with Crippen LogP contribution in [0.3, 0.4) is 0 Å². The van der Waals surface area contributed by atoms with Crippen LogP contribution >= 0.6 is 0 Å². The third-order valence-corrected chi connectivity index (χ3v) is 3.40. The summed E-state index contributed by atoms with van der Waals surface area (Å²) in [6.07, 6.45) is 1.41. The van der Waals surface area contributed by atoms with Crippen LogP contribution in [-0.2, 0) is 6.42 Å². The molecular formula is C14H18FNO. The van der Waals surface area contributed by atoms with Crippen LogP contribution in [0.2, 0.25) is 0 Å². The first kappa shape index (κ1) is 12.2. The summed E-state index contributed by atoms with van der Waals surface area (Å²) >= 11 is 0. The zero-order valence-electron chi connectivity index (χ0n) is 10.1. The lowest BCUT2D eigenvalue weighted by atomic mass is 9.85. The Morgan fingerprint density at radius 2 is 2.00 bits per heavy atom. The van der Waals surface area contributed by atoms with Gasteiger partial charge in [-0.1, -0.05) is 24.3 Å². The Morgan fingerprint density at radius 3 is 2.65 bits per heavy atom. The number of piperidine rings is 1. The molecule has 2 rings (SSSR count). The van der Waals surface area contributed by atoms with Crippen LogP contribution in [0.15, 0.2) is 24.3 Å². The van der Waals surface area contributed by atoms with E-state index in [2.05, 4.69) is 5.32 Å². The average Bonchev–Trinajstić information content (AvgIpc) is 2.29. The van der Waals surface area contributed by atoms with Gasteiger partial charge in [-0.3, -0.25) is 4.79 Å². The second kappa shape index (κ2) is 4.96. The van der Waals surface area contributed by atoms with Gasteiger partial charge in [0, 0.05) is 12.0 Å². The lowest BCUT2D eigenvalue weighted by molar-refractivity contribution is 0.101. The highest BCUT2D eigenvalue weighted by molar-refractivity contribution is 5.95. The zero-order valence-corrected chi connectivity index (χ0v) is 10.1. The monoisotopic (exact) mass is 235 g/mol. The summed E-state index contributed by atoms with van der Waals surface area (Å²) in [5.41, 5.74) is 0.337. The molecule has 3 heteroatoms. The third-order valence-electron chi connectivity index (χ3n) is 3.40. The van der Waals surface area contributed by atoms with E-state index in [-0.39, 0.29) is 5.78 Å². The van der Waals surface area contributed by atoms with Gasteiger partial charge in [-0.15, -0.1) is 0 Å². The van der Waals surface area contributed by atoms with Crippen molar-refractivity contribution in [1.29, 1.82) is 0 Å². The second-order valence-electron chi connectivity index (χ2n) is 4.79. The average molecular weight is 235 g/mol. The molecule has 0 bridgehead atoms. The van der Waals surface area contributed by atoms with Gasteiger partial charge in [0.2, 0.25) is 0 Å². The molecule has 1 heterocycles. The van der Waals surface area contributed by atoms with Crippen LogP contribution in [0, 0.1) is 0 Å². The van der Waals surface area contributed by atoms with Crippen LogP contribution in [0.5, 0.6) is 0 Å². The largest absolute Gasteiger partial charge is 0.316 e. The third kappa shape index (κ3) is 2.91. The van der Waals surface area contributed by atoms with Gasteiger partial charge in [0.25, 0.3) is 0 Å². The minimum absolute atomic E-state index is 0.0122.